The van der Waals surface area contributed by atoms with Crippen LogP contribution in [-0.4, -0.2) is 18.9 Å². The van der Waals surface area contributed by atoms with E-state index in [9.17, 15) is 0 Å². The van der Waals surface area contributed by atoms with Gasteiger partial charge < -0.3 is 4.40 Å². The Bertz CT molecular complexity index is 2430. The summed E-state index contributed by atoms with van der Waals surface area (Å²) in [5, 5.41) is 7.53. The molecule has 0 radical (unpaired) electrons. The summed E-state index contributed by atoms with van der Waals surface area (Å²) in [4.78, 5) is 9.41. The van der Waals surface area contributed by atoms with Crippen LogP contribution in [0.15, 0.2) is 134 Å². The number of nitrogens with zero attached hydrogens (tertiary/aromatic N) is 4. The first-order valence-corrected chi connectivity index (χ1v) is 13.5. The van der Waals surface area contributed by atoms with Crippen LogP contribution in [0.25, 0.3) is 77.0 Å². The van der Waals surface area contributed by atoms with Crippen LogP contribution in [0.5, 0.6) is 0 Å². The lowest BCUT2D eigenvalue weighted by atomic mass is 10.0. The van der Waals surface area contributed by atoms with Gasteiger partial charge >= 0.3 is 0 Å². The molecule has 5 aromatic heterocycles. The highest BCUT2D eigenvalue weighted by molar-refractivity contribution is 6.24. The molecule has 0 N–H and O–H groups in total. The van der Waals surface area contributed by atoms with E-state index in [0.29, 0.717) is 0 Å². The van der Waals surface area contributed by atoms with Crippen LogP contribution in [0.2, 0.25) is 0 Å². The maximum absolute atomic E-state index is 5.11. The first kappa shape index (κ1) is 21.5. The topological polar surface area (TPSA) is 35.1 Å². The third kappa shape index (κ3) is 2.85. The fraction of sp³-hybridized carbons (Fsp3) is 0. The van der Waals surface area contributed by atoms with Gasteiger partial charge in [0, 0.05) is 44.9 Å². The monoisotopic (exact) mass is 510 g/mol. The van der Waals surface area contributed by atoms with Crippen molar-refractivity contribution in [2.24, 2.45) is 0 Å². The molecule has 9 rings (SSSR count). The van der Waals surface area contributed by atoms with Crippen molar-refractivity contribution >= 4 is 59.9 Å². The van der Waals surface area contributed by atoms with Crippen molar-refractivity contribution in [2.45, 2.75) is 0 Å². The molecular weight excluding hydrogens is 488 g/mol. The van der Waals surface area contributed by atoms with Gasteiger partial charge in [-0.1, -0.05) is 66.7 Å². The Labute approximate surface area is 229 Å². The summed E-state index contributed by atoms with van der Waals surface area (Å²) in [6.45, 7) is 0. The molecule has 0 saturated carbocycles. The quantitative estimate of drug-likeness (QED) is 0.218. The van der Waals surface area contributed by atoms with Gasteiger partial charge in [-0.3, -0.25) is 9.55 Å². The molecule has 0 amide bonds. The predicted octanol–water partition coefficient (Wildman–Crippen LogP) is 8.95. The number of rotatable bonds is 2. The molecule has 186 valence electrons. The molecule has 0 aliphatic rings. The van der Waals surface area contributed by atoms with Gasteiger partial charge in [0.25, 0.3) is 0 Å². The highest BCUT2D eigenvalue weighted by Crippen LogP contribution is 2.40. The van der Waals surface area contributed by atoms with Crippen LogP contribution >= 0.6 is 0 Å². The molecule has 0 atom stereocenters. The zero-order chi connectivity index (χ0) is 26.2. The Kier molecular flexibility index (Phi) is 4.30. The molecule has 0 fully saturated rings. The fourth-order valence-electron chi connectivity index (χ4n) is 6.51. The van der Waals surface area contributed by atoms with Crippen LogP contribution in [0.4, 0.5) is 0 Å². The van der Waals surface area contributed by atoms with Crippen molar-refractivity contribution in [1.82, 2.24) is 18.9 Å². The summed E-state index contributed by atoms with van der Waals surface area (Å²) < 4.78 is 4.72. The molecule has 0 unspecified atom stereocenters. The highest BCUT2D eigenvalue weighted by atomic mass is 15.1. The molecule has 0 bridgehead atoms. The Hall–Kier alpha value is -5.48. The number of hydrogen-bond acceptors (Lipinski definition) is 2. The Morgan fingerprint density at radius 2 is 1.18 bits per heavy atom. The molecule has 0 saturated heterocycles. The molecule has 0 aliphatic heterocycles. The average molecular weight is 511 g/mol. The van der Waals surface area contributed by atoms with Gasteiger partial charge in [0.15, 0.2) is 0 Å². The molecule has 4 heteroatoms. The van der Waals surface area contributed by atoms with Crippen LogP contribution in [0, 0.1) is 0 Å². The second kappa shape index (κ2) is 8.01. The molecule has 0 spiro atoms. The van der Waals surface area contributed by atoms with Crippen LogP contribution in [0.1, 0.15) is 0 Å². The van der Waals surface area contributed by atoms with Gasteiger partial charge in [0.05, 0.1) is 33.3 Å². The largest absolute Gasteiger partial charge is 0.309 e. The zero-order valence-corrected chi connectivity index (χ0v) is 21.5. The highest BCUT2D eigenvalue weighted by Gasteiger charge is 2.19. The molecule has 9 aromatic rings. The molecule has 4 nitrogen and oxygen atoms in total. The molecule has 0 aliphatic carbocycles. The van der Waals surface area contributed by atoms with Crippen LogP contribution in [-0.2, 0) is 0 Å². The number of hydrogen-bond donors (Lipinski definition) is 0. The summed E-state index contributed by atoms with van der Waals surface area (Å²) in [5.74, 6) is 0.895. The van der Waals surface area contributed by atoms with Crippen molar-refractivity contribution in [3.63, 3.8) is 0 Å². The van der Waals surface area contributed by atoms with E-state index < -0.39 is 0 Å². The van der Waals surface area contributed by atoms with Gasteiger partial charge in [-0.2, -0.15) is 0 Å². The molecule has 40 heavy (non-hydrogen) atoms. The van der Waals surface area contributed by atoms with Crippen LogP contribution < -0.4 is 0 Å². The lowest BCUT2D eigenvalue weighted by molar-refractivity contribution is 1.08. The fourth-order valence-corrected chi connectivity index (χ4v) is 6.51. The van der Waals surface area contributed by atoms with E-state index in [1.165, 1.54) is 48.9 Å². The van der Waals surface area contributed by atoms with E-state index in [-0.39, 0.29) is 0 Å². The SMILES string of the molecule is c1cncc(-c2cccc(-n3c4ccccc4c4c5cc6c7ccccc7c7ccccc7n6c5ccc43)n2)c1. The van der Waals surface area contributed by atoms with Crippen LogP contribution in [0.3, 0.4) is 0 Å². The summed E-state index contributed by atoms with van der Waals surface area (Å²) in [6, 6.07) is 43.3. The summed E-state index contributed by atoms with van der Waals surface area (Å²) in [7, 11) is 0. The summed E-state index contributed by atoms with van der Waals surface area (Å²) in [5.41, 5.74) is 7.87. The number of benzene rings is 4. The molecule has 5 heterocycles. The minimum absolute atomic E-state index is 0.895. The smallest absolute Gasteiger partial charge is 0.138 e. The normalized spacial score (nSPS) is 12.0. The lowest BCUT2D eigenvalue weighted by Crippen LogP contribution is -1.98. The van der Waals surface area contributed by atoms with Crippen molar-refractivity contribution < 1.29 is 0 Å². The Morgan fingerprint density at radius 1 is 0.475 bits per heavy atom. The first-order chi connectivity index (χ1) is 19.9. The van der Waals surface area contributed by atoms with E-state index in [2.05, 4.69) is 123 Å². The lowest BCUT2D eigenvalue weighted by Gasteiger charge is -2.10. The van der Waals surface area contributed by atoms with E-state index in [1.54, 1.807) is 6.20 Å². The number of pyridine rings is 3. The van der Waals surface area contributed by atoms with Gasteiger partial charge in [0.1, 0.15) is 5.82 Å². The summed E-state index contributed by atoms with van der Waals surface area (Å²) >= 11 is 0. The third-order valence-corrected chi connectivity index (χ3v) is 8.18. The van der Waals surface area contributed by atoms with E-state index in [0.717, 1.165) is 28.1 Å². The van der Waals surface area contributed by atoms with Crippen molar-refractivity contribution in [2.75, 3.05) is 0 Å². The Morgan fingerprint density at radius 3 is 2.00 bits per heavy atom. The van der Waals surface area contributed by atoms with E-state index in [4.69, 9.17) is 4.98 Å². The second-order valence-corrected chi connectivity index (χ2v) is 10.3. The van der Waals surface area contributed by atoms with Gasteiger partial charge in [-0.25, -0.2) is 4.98 Å². The number of para-hydroxylation sites is 2. The van der Waals surface area contributed by atoms with Crippen molar-refractivity contribution in [3.8, 4) is 17.1 Å². The third-order valence-electron chi connectivity index (χ3n) is 8.18. The van der Waals surface area contributed by atoms with Crippen molar-refractivity contribution in [1.29, 1.82) is 0 Å². The van der Waals surface area contributed by atoms with Gasteiger partial charge in [-0.15, -0.1) is 0 Å². The standard InChI is InChI=1S/C36H22N4/c1-2-12-26-24(10-1)25-11-3-5-15-30(25)39-32-18-19-33-36(28(32)21-34(26)39)27-13-4-6-16-31(27)40(33)35-17-7-14-29(38-35)23-9-8-20-37-22-23/h1-22H. The summed E-state index contributed by atoms with van der Waals surface area (Å²) in [6.07, 6.45) is 3.66. The number of fused-ring (bicyclic) bond motifs is 12. The minimum atomic E-state index is 0.895. The molecule has 4 aromatic carbocycles. The minimum Gasteiger partial charge on any atom is -0.309 e. The van der Waals surface area contributed by atoms with Crippen molar-refractivity contribution in [3.05, 3.63) is 134 Å². The second-order valence-electron chi connectivity index (χ2n) is 10.3. The number of aromatic nitrogens is 4. The molecular formula is C36H22N4. The van der Waals surface area contributed by atoms with Gasteiger partial charge in [0.2, 0.25) is 0 Å². The maximum atomic E-state index is 5.11. The predicted molar refractivity (Wildman–Crippen MR) is 165 cm³/mol. The Balaban J connectivity index is 1.43. The average Bonchev–Trinajstić information content (AvgIpc) is 3.58. The zero-order valence-electron chi connectivity index (χ0n) is 21.5. The van der Waals surface area contributed by atoms with E-state index in [1.807, 2.05) is 18.3 Å². The first-order valence-electron chi connectivity index (χ1n) is 13.5. The van der Waals surface area contributed by atoms with E-state index >= 15 is 0 Å². The van der Waals surface area contributed by atoms with Gasteiger partial charge in [-0.05, 0) is 60.0 Å². The maximum Gasteiger partial charge on any atom is 0.138 e.